The summed E-state index contributed by atoms with van der Waals surface area (Å²) in [5.74, 6) is 0. The van der Waals surface area contributed by atoms with Gasteiger partial charge in [0.1, 0.15) is 11.0 Å². The number of allylic oxidation sites excluding steroid dienone is 1. The van der Waals surface area contributed by atoms with Gasteiger partial charge in [-0.15, -0.1) is 0 Å². The Hall–Kier alpha value is -2.90. The smallest absolute Gasteiger partial charge is 0.216 e. The molecular formula is C19H13NO2S. The Morgan fingerprint density at radius 1 is 0.870 bits per heavy atom. The lowest BCUT2D eigenvalue weighted by atomic mass is 10.0. The average Bonchev–Trinajstić information content (AvgIpc) is 2.60. The quantitative estimate of drug-likeness (QED) is 0.681. The second-order valence-corrected chi connectivity index (χ2v) is 6.92. The molecule has 112 valence electrons. The fraction of sp³-hybridized carbons (Fsp3) is 0. The molecule has 0 aromatic heterocycles. The molecule has 0 N–H and O–H groups in total. The SMILES string of the molecule is N#CC(=Cc1cccc2ccccc12)S(=O)(=O)c1ccccc1. The van der Waals surface area contributed by atoms with Crippen molar-refractivity contribution in [2.24, 2.45) is 0 Å². The lowest BCUT2D eigenvalue weighted by Crippen LogP contribution is -2.03. The van der Waals surface area contributed by atoms with Crippen molar-refractivity contribution in [3.63, 3.8) is 0 Å². The normalized spacial score (nSPS) is 12.0. The predicted octanol–water partition coefficient (Wildman–Crippen LogP) is 4.18. The second-order valence-electron chi connectivity index (χ2n) is 5.01. The molecule has 0 unspecified atom stereocenters. The van der Waals surface area contributed by atoms with Crippen LogP contribution in [0.5, 0.6) is 0 Å². The first-order valence-corrected chi connectivity index (χ1v) is 8.51. The van der Waals surface area contributed by atoms with Gasteiger partial charge in [0.25, 0.3) is 0 Å². The highest BCUT2D eigenvalue weighted by molar-refractivity contribution is 7.95. The Morgan fingerprint density at radius 3 is 2.26 bits per heavy atom. The molecule has 4 heteroatoms. The minimum absolute atomic E-state index is 0.119. The van der Waals surface area contributed by atoms with E-state index in [1.54, 1.807) is 24.3 Å². The molecule has 0 heterocycles. The van der Waals surface area contributed by atoms with Crippen molar-refractivity contribution in [3.8, 4) is 6.07 Å². The van der Waals surface area contributed by atoms with Crippen molar-refractivity contribution in [1.82, 2.24) is 0 Å². The van der Waals surface area contributed by atoms with Gasteiger partial charge in [0, 0.05) is 0 Å². The van der Waals surface area contributed by atoms with Crippen LogP contribution in [0.15, 0.2) is 82.6 Å². The third-order valence-electron chi connectivity index (χ3n) is 3.56. The van der Waals surface area contributed by atoms with Crippen molar-refractivity contribution >= 4 is 26.7 Å². The van der Waals surface area contributed by atoms with Crippen LogP contribution < -0.4 is 0 Å². The fourth-order valence-electron chi connectivity index (χ4n) is 2.41. The summed E-state index contributed by atoms with van der Waals surface area (Å²) in [6, 6.07) is 23.1. The summed E-state index contributed by atoms with van der Waals surface area (Å²) in [6.07, 6.45) is 1.44. The highest BCUT2D eigenvalue weighted by atomic mass is 32.2. The molecule has 0 aliphatic carbocycles. The summed E-state index contributed by atoms with van der Waals surface area (Å²) in [5, 5.41) is 11.3. The number of nitriles is 1. The maximum absolute atomic E-state index is 12.6. The fourth-order valence-corrected chi connectivity index (χ4v) is 3.59. The van der Waals surface area contributed by atoms with E-state index in [4.69, 9.17) is 0 Å². The van der Waals surface area contributed by atoms with Gasteiger partial charge in [0.15, 0.2) is 0 Å². The van der Waals surface area contributed by atoms with Crippen LogP contribution in [-0.4, -0.2) is 8.42 Å². The lowest BCUT2D eigenvalue weighted by Gasteiger charge is -2.05. The molecular weight excluding hydrogens is 306 g/mol. The standard InChI is InChI=1S/C19H13NO2S/c20-14-18(23(21,22)17-10-2-1-3-11-17)13-16-9-6-8-15-7-4-5-12-19(15)16/h1-13H. The summed E-state index contributed by atoms with van der Waals surface area (Å²) in [6.45, 7) is 0. The zero-order valence-corrected chi connectivity index (χ0v) is 13.0. The third kappa shape index (κ3) is 2.87. The molecule has 3 aromatic rings. The lowest BCUT2D eigenvalue weighted by molar-refractivity contribution is 0.603. The van der Waals surface area contributed by atoms with Gasteiger partial charge in [0.2, 0.25) is 9.84 Å². The van der Waals surface area contributed by atoms with Crippen LogP contribution in [0.4, 0.5) is 0 Å². The van der Waals surface area contributed by atoms with Crippen molar-refractivity contribution < 1.29 is 8.42 Å². The Balaban J connectivity index is 2.18. The number of fused-ring (bicyclic) bond motifs is 1. The van der Waals surface area contributed by atoms with Crippen molar-refractivity contribution in [2.75, 3.05) is 0 Å². The molecule has 3 nitrogen and oxygen atoms in total. The van der Waals surface area contributed by atoms with Gasteiger partial charge in [0.05, 0.1) is 4.90 Å². The van der Waals surface area contributed by atoms with E-state index in [9.17, 15) is 13.7 Å². The van der Waals surface area contributed by atoms with E-state index in [-0.39, 0.29) is 9.80 Å². The number of rotatable bonds is 3. The van der Waals surface area contributed by atoms with E-state index in [0.29, 0.717) is 5.56 Å². The van der Waals surface area contributed by atoms with Gasteiger partial charge in [-0.05, 0) is 34.5 Å². The van der Waals surface area contributed by atoms with Crippen LogP contribution in [0.3, 0.4) is 0 Å². The molecule has 3 aromatic carbocycles. The van der Waals surface area contributed by atoms with Gasteiger partial charge in [-0.3, -0.25) is 0 Å². The predicted molar refractivity (Wildman–Crippen MR) is 91.2 cm³/mol. The van der Waals surface area contributed by atoms with E-state index in [0.717, 1.165) is 10.8 Å². The number of sulfone groups is 1. The molecule has 0 aliphatic heterocycles. The van der Waals surface area contributed by atoms with Crippen molar-refractivity contribution in [2.45, 2.75) is 4.90 Å². The van der Waals surface area contributed by atoms with Gasteiger partial charge in [-0.1, -0.05) is 60.7 Å². The molecule has 0 fully saturated rings. The van der Waals surface area contributed by atoms with E-state index in [1.165, 1.54) is 18.2 Å². The number of benzene rings is 3. The molecule has 0 radical (unpaired) electrons. The van der Waals surface area contributed by atoms with Crippen LogP contribution in [0.1, 0.15) is 5.56 Å². The molecule has 0 spiro atoms. The highest BCUT2D eigenvalue weighted by Gasteiger charge is 2.20. The topological polar surface area (TPSA) is 57.9 Å². The molecule has 0 atom stereocenters. The molecule has 3 rings (SSSR count). The highest BCUT2D eigenvalue weighted by Crippen LogP contribution is 2.25. The summed E-state index contributed by atoms with van der Waals surface area (Å²) in [4.78, 5) is -0.145. The van der Waals surface area contributed by atoms with Gasteiger partial charge in [-0.2, -0.15) is 5.26 Å². The molecule has 23 heavy (non-hydrogen) atoms. The van der Waals surface area contributed by atoms with E-state index in [1.807, 2.05) is 42.5 Å². The maximum Gasteiger partial charge on any atom is 0.216 e. The number of nitrogens with zero attached hydrogens (tertiary/aromatic N) is 1. The van der Waals surface area contributed by atoms with Crippen LogP contribution in [0, 0.1) is 11.3 Å². The zero-order valence-electron chi connectivity index (χ0n) is 12.2. The minimum Gasteiger partial charge on any atom is -0.218 e. The Bertz CT molecular complexity index is 1020. The van der Waals surface area contributed by atoms with E-state index >= 15 is 0 Å². The first-order chi connectivity index (χ1) is 11.1. The molecule has 0 saturated heterocycles. The molecule has 0 bridgehead atoms. The monoisotopic (exact) mass is 319 g/mol. The molecule has 0 aliphatic rings. The van der Waals surface area contributed by atoms with Crippen LogP contribution in [0.25, 0.3) is 16.8 Å². The summed E-state index contributed by atoms with van der Waals surface area (Å²) >= 11 is 0. The van der Waals surface area contributed by atoms with E-state index in [2.05, 4.69) is 0 Å². The minimum atomic E-state index is -3.82. The summed E-state index contributed by atoms with van der Waals surface area (Å²) < 4.78 is 25.2. The summed E-state index contributed by atoms with van der Waals surface area (Å²) in [7, 11) is -3.82. The average molecular weight is 319 g/mol. The van der Waals surface area contributed by atoms with Gasteiger partial charge >= 0.3 is 0 Å². The molecule has 0 saturated carbocycles. The number of hydrogen-bond donors (Lipinski definition) is 0. The zero-order chi connectivity index (χ0) is 16.3. The summed E-state index contributed by atoms with van der Waals surface area (Å²) in [5.41, 5.74) is 0.708. The first-order valence-electron chi connectivity index (χ1n) is 7.02. The maximum atomic E-state index is 12.6. The Morgan fingerprint density at radius 2 is 1.52 bits per heavy atom. The van der Waals surface area contributed by atoms with Crippen LogP contribution >= 0.6 is 0 Å². The largest absolute Gasteiger partial charge is 0.218 e. The van der Waals surface area contributed by atoms with Gasteiger partial charge < -0.3 is 0 Å². The van der Waals surface area contributed by atoms with E-state index < -0.39 is 9.84 Å². The molecule has 0 amide bonds. The Labute approximate surface area is 135 Å². The van der Waals surface area contributed by atoms with Crippen molar-refractivity contribution in [3.05, 3.63) is 83.3 Å². The second kappa shape index (κ2) is 6.07. The first kappa shape index (κ1) is 15.0. The number of hydrogen-bond acceptors (Lipinski definition) is 3. The van der Waals surface area contributed by atoms with Crippen LogP contribution in [-0.2, 0) is 9.84 Å². The van der Waals surface area contributed by atoms with Crippen molar-refractivity contribution in [1.29, 1.82) is 5.26 Å². The third-order valence-corrected chi connectivity index (χ3v) is 5.24. The van der Waals surface area contributed by atoms with Gasteiger partial charge in [-0.25, -0.2) is 8.42 Å². The van der Waals surface area contributed by atoms with Crippen LogP contribution in [0.2, 0.25) is 0 Å². The Kier molecular flexibility index (Phi) is 3.96.